The Bertz CT molecular complexity index is 815. The van der Waals surface area contributed by atoms with Crippen molar-refractivity contribution in [3.05, 3.63) is 75.9 Å². The summed E-state index contributed by atoms with van der Waals surface area (Å²) in [6.07, 6.45) is 0. The van der Waals surface area contributed by atoms with Gasteiger partial charge in [-0.15, -0.1) is 0 Å². The highest BCUT2D eigenvalue weighted by molar-refractivity contribution is 14.1. The molecule has 0 bridgehead atoms. The van der Waals surface area contributed by atoms with Gasteiger partial charge < -0.3 is 10.1 Å². The fourth-order valence-corrected chi connectivity index (χ4v) is 2.64. The number of nitrogens with one attached hydrogen (secondary N) is 1. The second-order valence-corrected chi connectivity index (χ2v) is 6.45. The number of rotatable bonds is 5. The maximum Gasteiger partial charge on any atom is 0.258 e. The van der Waals surface area contributed by atoms with Crippen molar-refractivity contribution in [1.29, 1.82) is 0 Å². The van der Waals surface area contributed by atoms with Crippen LogP contribution < -0.4 is 10.1 Å². The van der Waals surface area contributed by atoms with Gasteiger partial charge in [-0.25, -0.2) is 0 Å². The molecule has 4 heteroatoms. The van der Waals surface area contributed by atoms with Crippen LogP contribution in [0.3, 0.4) is 0 Å². The highest BCUT2D eigenvalue weighted by Gasteiger charge is 2.03. The molecule has 1 amide bonds. The first-order chi connectivity index (χ1) is 11.2. The number of ether oxygens (including phenoxy) is 1. The Morgan fingerprint density at radius 3 is 2.48 bits per heavy atom. The molecule has 23 heavy (non-hydrogen) atoms. The van der Waals surface area contributed by atoms with Gasteiger partial charge in [-0.3, -0.25) is 4.79 Å². The second kappa shape index (κ2) is 7.46. The van der Waals surface area contributed by atoms with Gasteiger partial charge in [0.05, 0.1) is 0 Å². The van der Waals surface area contributed by atoms with Gasteiger partial charge in [-0.2, -0.15) is 0 Å². The van der Waals surface area contributed by atoms with E-state index in [0.29, 0.717) is 12.3 Å². The molecule has 116 valence electrons. The molecule has 0 aromatic heterocycles. The van der Waals surface area contributed by atoms with Crippen LogP contribution in [0.4, 0.5) is 0 Å². The average molecular weight is 417 g/mol. The van der Waals surface area contributed by atoms with Crippen LogP contribution in [0.1, 0.15) is 5.56 Å². The minimum Gasteiger partial charge on any atom is -0.484 e. The first-order valence-corrected chi connectivity index (χ1v) is 8.41. The zero-order chi connectivity index (χ0) is 16.1. The third-order valence-electron chi connectivity index (χ3n) is 3.49. The van der Waals surface area contributed by atoms with Gasteiger partial charge in [-0.05, 0) is 69.3 Å². The molecule has 0 radical (unpaired) electrons. The zero-order valence-electron chi connectivity index (χ0n) is 12.5. The van der Waals surface area contributed by atoms with E-state index in [2.05, 4.69) is 52.2 Å². The van der Waals surface area contributed by atoms with E-state index >= 15 is 0 Å². The summed E-state index contributed by atoms with van der Waals surface area (Å²) in [5, 5.41) is 5.25. The molecular formula is C19H16INO2. The van der Waals surface area contributed by atoms with E-state index in [-0.39, 0.29) is 12.5 Å². The quantitative estimate of drug-likeness (QED) is 0.634. The first-order valence-electron chi connectivity index (χ1n) is 7.33. The SMILES string of the molecule is O=C(COc1ccc(I)cc1)NCc1ccc2ccccc2c1. The first kappa shape index (κ1) is 15.8. The Hall–Kier alpha value is -2.08. The van der Waals surface area contributed by atoms with Crippen molar-refractivity contribution in [3.63, 3.8) is 0 Å². The van der Waals surface area contributed by atoms with E-state index in [1.807, 2.05) is 42.5 Å². The van der Waals surface area contributed by atoms with Crippen molar-refractivity contribution < 1.29 is 9.53 Å². The van der Waals surface area contributed by atoms with Crippen molar-refractivity contribution in [3.8, 4) is 5.75 Å². The maximum atomic E-state index is 11.9. The lowest BCUT2D eigenvalue weighted by molar-refractivity contribution is -0.123. The second-order valence-electron chi connectivity index (χ2n) is 5.20. The van der Waals surface area contributed by atoms with E-state index < -0.39 is 0 Å². The Kier molecular flexibility index (Phi) is 5.12. The molecule has 0 atom stereocenters. The lowest BCUT2D eigenvalue weighted by Gasteiger charge is -2.08. The summed E-state index contributed by atoms with van der Waals surface area (Å²) >= 11 is 2.23. The van der Waals surface area contributed by atoms with Gasteiger partial charge >= 0.3 is 0 Å². The van der Waals surface area contributed by atoms with E-state index in [1.54, 1.807) is 0 Å². The fraction of sp³-hybridized carbons (Fsp3) is 0.105. The van der Waals surface area contributed by atoms with Gasteiger partial charge in [0.1, 0.15) is 5.75 Å². The Morgan fingerprint density at radius 2 is 1.70 bits per heavy atom. The molecule has 0 aliphatic heterocycles. The van der Waals surface area contributed by atoms with Crippen LogP contribution in [0.2, 0.25) is 0 Å². The maximum absolute atomic E-state index is 11.9. The number of fused-ring (bicyclic) bond motifs is 1. The highest BCUT2D eigenvalue weighted by Crippen LogP contribution is 2.15. The van der Waals surface area contributed by atoms with Crippen LogP contribution >= 0.6 is 22.6 Å². The van der Waals surface area contributed by atoms with Crippen molar-refractivity contribution in [2.75, 3.05) is 6.61 Å². The molecule has 0 saturated carbocycles. The molecule has 0 unspecified atom stereocenters. The molecule has 3 aromatic carbocycles. The predicted molar refractivity (Wildman–Crippen MR) is 100 cm³/mol. The number of hydrogen-bond acceptors (Lipinski definition) is 2. The number of carbonyl (C=O) groups is 1. The molecule has 3 aromatic rings. The van der Waals surface area contributed by atoms with Gasteiger partial charge in [-0.1, -0.05) is 36.4 Å². The minimum absolute atomic E-state index is 0.0220. The summed E-state index contributed by atoms with van der Waals surface area (Å²) < 4.78 is 6.60. The van der Waals surface area contributed by atoms with Crippen molar-refractivity contribution in [1.82, 2.24) is 5.32 Å². The number of carbonyl (C=O) groups excluding carboxylic acids is 1. The lowest BCUT2D eigenvalue weighted by atomic mass is 10.1. The van der Waals surface area contributed by atoms with Crippen LogP contribution in [0, 0.1) is 3.57 Å². The van der Waals surface area contributed by atoms with Crippen LogP contribution in [0.25, 0.3) is 10.8 Å². The summed E-state index contributed by atoms with van der Waals surface area (Å²) in [5.74, 6) is 0.572. The summed E-state index contributed by atoms with van der Waals surface area (Å²) in [6, 6.07) is 22.0. The topological polar surface area (TPSA) is 38.3 Å². The molecule has 0 saturated heterocycles. The number of amides is 1. The minimum atomic E-state index is -0.128. The van der Waals surface area contributed by atoms with Gasteiger partial charge in [0, 0.05) is 10.1 Å². The predicted octanol–water partition coefficient (Wildman–Crippen LogP) is 4.14. The van der Waals surface area contributed by atoms with Crippen molar-refractivity contribution in [2.45, 2.75) is 6.54 Å². The van der Waals surface area contributed by atoms with Crippen LogP contribution in [0.15, 0.2) is 66.7 Å². The molecule has 3 rings (SSSR count). The lowest BCUT2D eigenvalue weighted by Crippen LogP contribution is -2.28. The third kappa shape index (κ3) is 4.45. The Balaban J connectivity index is 1.52. The molecule has 0 aliphatic carbocycles. The number of halogens is 1. The monoisotopic (exact) mass is 417 g/mol. The highest BCUT2D eigenvalue weighted by atomic mass is 127. The normalized spacial score (nSPS) is 10.5. The smallest absolute Gasteiger partial charge is 0.258 e. The molecule has 1 N–H and O–H groups in total. The van der Waals surface area contributed by atoms with E-state index in [4.69, 9.17) is 4.74 Å². The standard InChI is InChI=1S/C19H16INO2/c20-17-7-9-18(10-8-17)23-13-19(22)21-12-14-5-6-15-3-1-2-4-16(15)11-14/h1-11H,12-13H2,(H,21,22). The molecular weight excluding hydrogens is 401 g/mol. The van der Waals surface area contributed by atoms with Crippen LogP contribution in [0.5, 0.6) is 5.75 Å². The molecule has 0 aliphatic rings. The number of benzene rings is 3. The zero-order valence-corrected chi connectivity index (χ0v) is 14.6. The van der Waals surface area contributed by atoms with Crippen LogP contribution in [-0.2, 0) is 11.3 Å². The summed E-state index contributed by atoms with van der Waals surface area (Å²) in [4.78, 5) is 11.9. The molecule has 0 spiro atoms. The average Bonchev–Trinajstić information content (AvgIpc) is 2.59. The van der Waals surface area contributed by atoms with Crippen molar-refractivity contribution >= 4 is 39.3 Å². The Morgan fingerprint density at radius 1 is 0.957 bits per heavy atom. The number of hydrogen-bond donors (Lipinski definition) is 1. The molecule has 0 fully saturated rings. The van der Waals surface area contributed by atoms with E-state index in [9.17, 15) is 4.79 Å². The fourth-order valence-electron chi connectivity index (χ4n) is 2.28. The largest absolute Gasteiger partial charge is 0.484 e. The van der Waals surface area contributed by atoms with Gasteiger partial charge in [0.2, 0.25) is 0 Å². The molecule has 0 heterocycles. The third-order valence-corrected chi connectivity index (χ3v) is 4.21. The summed E-state index contributed by atoms with van der Waals surface area (Å²) in [6.45, 7) is 0.522. The van der Waals surface area contributed by atoms with Crippen LogP contribution in [-0.4, -0.2) is 12.5 Å². The van der Waals surface area contributed by atoms with Gasteiger partial charge in [0.25, 0.3) is 5.91 Å². The summed E-state index contributed by atoms with van der Waals surface area (Å²) in [7, 11) is 0. The van der Waals surface area contributed by atoms with Gasteiger partial charge in [0.15, 0.2) is 6.61 Å². The van der Waals surface area contributed by atoms with E-state index in [1.165, 1.54) is 10.8 Å². The Labute approximate surface area is 148 Å². The van der Waals surface area contributed by atoms with E-state index in [0.717, 1.165) is 9.13 Å². The molecule has 3 nitrogen and oxygen atoms in total. The van der Waals surface area contributed by atoms with Crippen molar-refractivity contribution in [2.24, 2.45) is 0 Å². The summed E-state index contributed by atoms with van der Waals surface area (Å²) in [5.41, 5.74) is 1.08.